The number of rotatable bonds is 3. The normalized spacial score (nSPS) is 26.9. The highest BCUT2D eigenvalue weighted by molar-refractivity contribution is 5.15. The van der Waals surface area contributed by atoms with Crippen LogP contribution in [0.15, 0.2) is 36.1 Å². The van der Waals surface area contributed by atoms with E-state index in [2.05, 4.69) is 33.1 Å². The summed E-state index contributed by atoms with van der Waals surface area (Å²) < 4.78 is 0. The molecule has 1 aliphatic rings. The molecule has 2 atom stereocenters. The molecule has 1 rings (SSSR count). The van der Waals surface area contributed by atoms with Crippen LogP contribution in [0.3, 0.4) is 0 Å². The van der Waals surface area contributed by atoms with Crippen molar-refractivity contribution in [3.05, 3.63) is 36.1 Å². The molecule has 0 unspecified atom stereocenters. The third-order valence-electron chi connectivity index (χ3n) is 2.97. The van der Waals surface area contributed by atoms with Gasteiger partial charge in [0.15, 0.2) is 0 Å². The average molecular weight is 192 g/mol. The van der Waals surface area contributed by atoms with E-state index >= 15 is 0 Å². The lowest BCUT2D eigenvalue weighted by Gasteiger charge is -2.29. The van der Waals surface area contributed by atoms with Crippen LogP contribution in [0, 0.1) is 11.8 Å². The van der Waals surface area contributed by atoms with E-state index in [1.54, 1.807) is 0 Å². The molecule has 1 heteroatoms. The maximum absolute atomic E-state index is 9.24. The molecule has 0 amide bonds. The molecule has 0 saturated heterocycles. The van der Waals surface area contributed by atoms with Crippen molar-refractivity contribution in [2.75, 3.05) is 0 Å². The Morgan fingerprint density at radius 3 is 2.71 bits per heavy atom. The van der Waals surface area contributed by atoms with Crippen molar-refractivity contribution in [3.63, 3.8) is 0 Å². The minimum absolute atomic E-state index is 0.284. The zero-order valence-corrected chi connectivity index (χ0v) is 9.21. The fourth-order valence-corrected chi connectivity index (χ4v) is 2.25. The highest BCUT2D eigenvalue weighted by Gasteiger charge is 2.24. The third-order valence-corrected chi connectivity index (χ3v) is 2.97. The fraction of sp³-hybridized carbons (Fsp3) is 0.538. The number of aliphatic hydroxyl groups excluding tert-OH is 1. The summed E-state index contributed by atoms with van der Waals surface area (Å²) in [6, 6.07) is 0. The van der Waals surface area contributed by atoms with Gasteiger partial charge in [-0.05, 0) is 38.5 Å². The molecule has 0 aromatic heterocycles. The summed E-state index contributed by atoms with van der Waals surface area (Å²) in [6.07, 6.45) is 5.26. The largest absolute Gasteiger partial charge is 0.513 e. The van der Waals surface area contributed by atoms with Gasteiger partial charge in [-0.2, -0.15) is 0 Å². The molecule has 14 heavy (non-hydrogen) atoms. The molecule has 0 heterocycles. The zero-order chi connectivity index (χ0) is 10.7. The molecule has 0 saturated carbocycles. The molecule has 0 aromatic rings. The van der Waals surface area contributed by atoms with Crippen LogP contribution >= 0.6 is 0 Å². The first-order valence-corrected chi connectivity index (χ1v) is 5.20. The Hall–Kier alpha value is -0.980. The van der Waals surface area contributed by atoms with Crippen molar-refractivity contribution in [2.45, 2.75) is 33.1 Å². The second-order valence-electron chi connectivity index (χ2n) is 4.44. The summed E-state index contributed by atoms with van der Waals surface area (Å²) in [5.41, 5.74) is 2.65. The predicted octanol–water partition coefficient (Wildman–Crippen LogP) is 4.00. The lowest BCUT2D eigenvalue weighted by atomic mass is 9.76. The van der Waals surface area contributed by atoms with Gasteiger partial charge in [-0.15, -0.1) is 0 Å². The van der Waals surface area contributed by atoms with Gasteiger partial charge in [-0.25, -0.2) is 0 Å². The quantitative estimate of drug-likeness (QED) is 0.529. The van der Waals surface area contributed by atoms with Crippen LogP contribution in [-0.2, 0) is 0 Å². The molecule has 0 fully saturated rings. The summed E-state index contributed by atoms with van der Waals surface area (Å²) in [7, 11) is 0. The van der Waals surface area contributed by atoms with E-state index in [4.69, 9.17) is 0 Å². The minimum Gasteiger partial charge on any atom is -0.513 e. The van der Waals surface area contributed by atoms with Gasteiger partial charge >= 0.3 is 0 Å². The van der Waals surface area contributed by atoms with Gasteiger partial charge in [0.1, 0.15) is 0 Å². The van der Waals surface area contributed by atoms with E-state index in [0.29, 0.717) is 18.3 Å². The first-order chi connectivity index (χ1) is 6.50. The lowest BCUT2D eigenvalue weighted by molar-refractivity contribution is 0.322. The van der Waals surface area contributed by atoms with Crippen LogP contribution in [0.1, 0.15) is 33.1 Å². The average Bonchev–Trinajstić information content (AvgIpc) is 2.01. The van der Waals surface area contributed by atoms with Crippen LogP contribution in [0.4, 0.5) is 0 Å². The molecule has 1 aliphatic carbocycles. The molecule has 1 nitrogen and oxygen atoms in total. The first-order valence-electron chi connectivity index (χ1n) is 5.20. The molecule has 1 N–H and O–H groups in total. The highest BCUT2D eigenvalue weighted by atomic mass is 16.3. The van der Waals surface area contributed by atoms with Crippen molar-refractivity contribution in [2.24, 2.45) is 11.8 Å². The Morgan fingerprint density at radius 2 is 2.21 bits per heavy atom. The van der Waals surface area contributed by atoms with Crippen LogP contribution < -0.4 is 0 Å². The molecule has 0 radical (unpaired) electrons. The molecule has 78 valence electrons. The lowest BCUT2D eigenvalue weighted by Crippen LogP contribution is -2.18. The van der Waals surface area contributed by atoms with Crippen molar-refractivity contribution in [1.29, 1.82) is 0 Å². The molecule has 0 aliphatic heterocycles. The predicted molar refractivity (Wildman–Crippen MR) is 61.2 cm³/mol. The van der Waals surface area contributed by atoms with Crippen LogP contribution in [-0.4, -0.2) is 5.11 Å². The molecular formula is C13H20O. The van der Waals surface area contributed by atoms with Gasteiger partial charge in [-0.3, -0.25) is 0 Å². The van der Waals surface area contributed by atoms with E-state index in [0.717, 1.165) is 12.8 Å². The molecule has 0 aromatic carbocycles. The van der Waals surface area contributed by atoms with Crippen molar-refractivity contribution in [3.8, 4) is 0 Å². The van der Waals surface area contributed by atoms with E-state index in [-0.39, 0.29) is 5.76 Å². The fourth-order valence-electron chi connectivity index (χ4n) is 2.25. The Bertz CT molecular complexity index is 273. The SMILES string of the molecule is C=C(O)C[C@@H]1C=C(C)CC[C@H]1C(=C)C. The van der Waals surface area contributed by atoms with E-state index in [1.807, 2.05) is 0 Å². The van der Waals surface area contributed by atoms with Crippen LogP contribution in [0.25, 0.3) is 0 Å². The number of hydrogen-bond donors (Lipinski definition) is 1. The summed E-state index contributed by atoms with van der Waals surface area (Å²) in [5.74, 6) is 1.20. The second kappa shape index (κ2) is 4.50. The Kier molecular flexibility index (Phi) is 3.56. The van der Waals surface area contributed by atoms with E-state index in [9.17, 15) is 5.11 Å². The van der Waals surface area contributed by atoms with Gasteiger partial charge in [-0.1, -0.05) is 30.4 Å². The Balaban J connectivity index is 2.77. The van der Waals surface area contributed by atoms with Crippen molar-refractivity contribution in [1.82, 2.24) is 0 Å². The van der Waals surface area contributed by atoms with Gasteiger partial charge in [0.05, 0.1) is 5.76 Å². The maximum atomic E-state index is 9.24. The third kappa shape index (κ3) is 2.76. The summed E-state index contributed by atoms with van der Waals surface area (Å²) in [6.45, 7) is 11.8. The number of aliphatic hydroxyl groups is 1. The number of allylic oxidation sites excluding steroid dienone is 4. The van der Waals surface area contributed by atoms with Gasteiger partial charge < -0.3 is 5.11 Å². The van der Waals surface area contributed by atoms with Crippen molar-refractivity contribution >= 4 is 0 Å². The van der Waals surface area contributed by atoms with Crippen LogP contribution in [0.5, 0.6) is 0 Å². The van der Waals surface area contributed by atoms with E-state index < -0.39 is 0 Å². The highest BCUT2D eigenvalue weighted by Crippen LogP contribution is 2.35. The summed E-state index contributed by atoms with van der Waals surface area (Å²) >= 11 is 0. The van der Waals surface area contributed by atoms with Crippen LogP contribution in [0.2, 0.25) is 0 Å². The van der Waals surface area contributed by atoms with Crippen molar-refractivity contribution < 1.29 is 5.11 Å². The van der Waals surface area contributed by atoms with Gasteiger partial charge in [0, 0.05) is 6.42 Å². The molecular weight excluding hydrogens is 172 g/mol. The second-order valence-corrected chi connectivity index (χ2v) is 4.44. The Morgan fingerprint density at radius 1 is 1.57 bits per heavy atom. The number of hydrogen-bond acceptors (Lipinski definition) is 1. The first kappa shape index (κ1) is 11.1. The minimum atomic E-state index is 0.284. The standard InChI is InChI=1S/C13H20O/c1-9(2)13-6-5-10(3)7-12(13)8-11(4)14/h7,12-14H,1,4-6,8H2,2-3H3/t12-,13-/m0/s1. The molecule has 0 bridgehead atoms. The summed E-state index contributed by atoms with van der Waals surface area (Å²) in [5, 5.41) is 9.24. The van der Waals surface area contributed by atoms with Gasteiger partial charge in [0.2, 0.25) is 0 Å². The molecule has 0 spiro atoms. The zero-order valence-electron chi connectivity index (χ0n) is 9.21. The van der Waals surface area contributed by atoms with E-state index in [1.165, 1.54) is 11.1 Å². The monoisotopic (exact) mass is 192 g/mol. The summed E-state index contributed by atoms with van der Waals surface area (Å²) in [4.78, 5) is 0. The Labute approximate surface area is 86.8 Å². The maximum Gasteiger partial charge on any atom is 0.0857 e. The smallest absolute Gasteiger partial charge is 0.0857 e. The topological polar surface area (TPSA) is 20.2 Å². The van der Waals surface area contributed by atoms with Gasteiger partial charge in [0.25, 0.3) is 0 Å².